The summed E-state index contributed by atoms with van der Waals surface area (Å²) in [6.45, 7) is 2.11. The van der Waals surface area contributed by atoms with Crippen molar-refractivity contribution in [2.24, 2.45) is 7.05 Å². The number of amides is 2. The van der Waals surface area contributed by atoms with Crippen molar-refractivity contribution in [3.8, 4) is 0 Å². The van der Waals surface area contributed by atoms with Gasteiger partial charge < -0.3 is 20.2 Å². The molecule has 132 valence electrons. The molecule has 0 aliphatic heterocycles. The Kier molecular flexibility index (Phi) is 5.63. The summed E-state index contributed by atoms with van der Waals surface area (Å²) < 4.78 is 7.01. The number of carbonyl (C=O) groups excluding carboxylic acids is 1. The Balaban J connectivity index is 1.84. The molecule has 8 nitrogen and oxygen atoms in total. The van der Waals surface area contributed by atoms with Crippen molar-refractivity contribution in [2.75, 3.05) is 27.2 Å². The lowest BCUT2D eigenvalue weighted by Gasteiger charge is -2.24. The van der Waals surface area contributed by atoms with Crippen LogP contribution in [0, 0.1) is 0 Å². The summed E-state index contributed by atoms with van der Waals surface area (Å²) in [5.41, 5.74) is -0.542. The summed E-state index contributed by atoms with van der Waals surface area (Å²) in [5, 5.41) is 20.0. The highest BCUT2D eigenvalue weighted by Gasteiger charge is 2.25. The molecule has 0 aliphatic carbocycles. The van der Waals surface area contributed by atoms with Crippen molar-refractivity contribution in [3.05, 3.63) is 42.1 Å². The highest BCUT2D eigenvalue weighted by atomic mass is 16.3. The van der Waals surface area contributed by atoms with Crippen LogP contribution in [0.1, 0.15) is 24.3 Å². The standard InChI is InChI=1S/C16H25N5O3/c1-16(23,12-8-19-21(4)10-12)11-18-15(22)17-9-13(20(2)3)14-6-5-7-24-14/h5-8,10,13,23H,9,11H2,1-4H3,(H2,17,18,22). The van der Waals surface area contributed by atoms with Crippen molar-refractivity contribution in [3.63, 3.8) is 0 Å². The van der Waals surface area contributed by atoms with Gasteiger partial charge in [-0.05, 0) is 33.2 Å². The number of aromatic nitrogens is 2. The van der Waals surface area contributed by atoms with Crippen molar-refractivity contribution >= 4 is 6.03 Å². The van der Waals surface area contributed by atoms with Gasteiger partial charge >= 0.3 is 6.03 Å². The molecule has 3 N–H and O–H groups in total. The van der Waals surface area contributed by atoms with E-state index in [0.717, 1.165) is 5.76 Å². The van der Waals surface area contributed by atoms with Gasteiger partial charge in [-0.15, -0.1) is 0 Å². The monoisotopic (exact) mass is 335 g/mol. The first-order valence-corrected chi connectivity index (χ1v) is 7.72. The van der Waals surface area contributed by atoms with E-state index in [1.54, 1.807) is 37.3 Å². The number of aryl methyl sites for hydroxylation is 1. The average molecular weight is 335 g/mol. The highest BCUT2D eigenvalue weighted by Crippen LogP contribution is 2.19. The fraction of sp³-hybridized carbons (Fsp3) is 0.500. The molecule has 0 saturated carbocycles. The fourth-order valence-corrected chi connectivity index (χ4v) is 2.32. The quantitative estimate of drug-likeness (QED) is 0.696. The van der Waals surface area contributed by atoms with E-state index in [1.807, 2.05) is 31.1 Å². The molecule has 2 amide bonds. The molecule has 2 rings (SSSR count). The largest absolute Gasteiger partial charge is 0.468 e. The Morgan fingerprint density at radius 1 is 1.50 bits per heavy atom. The second-order valence-corrected chi connectivity index (χ2v) is 6.23. The average Bonchev–Trinajstić information content (AvgIpc) is 3.17. The number of hydrogen-bond acceptors (Lipinski definition) is 5. The second kappa shape index (κ2) is 7.50. The molecule has 2 aromatic rings. The predicted octanol–water partition coefficient (Wildman–Crippen LogP) is 0.823. The zero-order valence-corrected chi connectivity index (χ0v) is 14.5. The lowest BCUT2D eigenvalue weighted by Crippen LogP contribution is -2.45. The summed E-state index contributed by atoms with van der Waals surface area (Å²) in [6.07, 6.45) is 4.91. The summed E-state index contributed by atoms with van der Waals surface area (Å²) in [4.78, 5) is 14.0. The normalized spacial score (nSPS) is 15.1. The van der Waals surface area contributed by atoms with Crippen molar-refractivity contribution in [1.82, 2.24) is 25.3 Å². The van der Waals surface area contributed by atoms with E-state index in [0.29, 0.717) is 12.1 Å². The number of nitrogens with one attached hydrogen (secondary N) is 2. The predicted molar refractivity (Wildman–Crippen MR) is 89.3 cm³/mol. The Morgan fingerprint density at radius 3 is 2.79 bits per heavy atom. The molecule has 2 heterocycles. The van der Waals surface area contributed by atoms with Gasteiger partial charge in [-0.2, -0.15) is 5.10 Å². The van der Waals surface area contributed by atoms with Crippen LogP contribution in [0.5, 0.6) is 0 Å². The zero-order chi connectivity index (χ0) is 17.7. The van der Waals surface area contributed by atoms with Gasteiger partial charge in [0.15, 0.2) is 0 Å². The van der Waals surface area contributed by atoms with E-state index in [4.69, 9.17) is 4.42 Å². The molecule has 0 aromatic carbocycles. The van der Waals surface area contributed by atoms with Gasteiger partial charge in [-0.3, -0.25) is 9.58 Å². The minimum absolute atomic E-state index is 0.0652. The van der Waals surface area contributed by atoms with Crippen LogP contribution in [0.3, 0.4) is 0 Å². The zero-order valence-electron chi connectivity index (χ0n) is 14.5. The number of aliphatic hydroxyl groups is 1. The van der Waals surface area contributed by atoms with Crippen LogP contribution in [0.4, 0.5) is 4.79 Å². The fourth-order valence-electron chi connectivity index (χ4n) is 2.32. The molecular formula is C16H25N5O3. The maximum absolute atomic E-state index is 12.0. The SMILES string of the molecule is CN(C)C(CNC(=O)NCC(C)(O)c1cnn(C)c1)c1ccco1. The molecule has 0 spiro atoms. The van der Waals surface area contributed by atoms with E-state index in [-0.39, 0.29) is 18.6 Å². The Bertz CT molecular complexity index is 648. The van der Waals surface area contributed by atoms with E-state index < -0.39 is 5.60 Å². The van der Waals surface area contributed by atoms with Crippen LogP contribution >= 0.6 is 0 Å². The van der Waals surface area contributed by atoms with Gasteiger partial charge in [0.05, 0.1) is 25.0 Å². The third-order valence-corrected chi connectivity index (χ3v) is 3.87. The first-order chi connectivity index (χ1) is 11.3. The van der Waals surface area contributed by atoms with Gasteiger partial charge in [0.2, 0.25) is 0 Å². The second-order valence-electron chi connectivity index (χ2n) is 6.23. The number of urea groups is 1. The van der Waals surface area contributed by atoms with Crippen LogP contribution in [-0.2, 0) is 12.6 Å². The van der Waals surface area contributed by atoms with Gasteiger partial charge in [0.1, 0.15) is 11.4 Å². The van der Waals surface area contributed by atoms with Crippen molar-refractivity contribution in [2.45, 2.75) is 18.6 Å². The molecule has 24 heavy (non-hydrogen) atoms. The van der Waals surface area contributed by atoms with E-state index >= 15 is 0 Å². The third-order valence-electron chi connectivity index (χ3n) is 3.87. The summed E-state index contributed by atoms with van der Waals surface area (Å²) in [7, 11) is 5.61. The molecule has 2 aromatic heterocycles. The van der Waals surface area contributed by atoms with E-state index in [1.165, 1.54) is 0 Å². The van der Waals surface area contributed by atoms with Crippen LogP contribution in [-0.4, -0.2) is 53.0 Å². The highest BCUT2D eigenvalue weighted by molar-refractivity contribution is 5.74. The van der Waals surface area contributed by atoms with Crippen molar-refractivity contribution < 1.29 is 14.3 Å². The Morgan fingerprint density at radius 2 is 2.25 bits per heavy atom. The minimum atomic E-state index is -1.19. The van der Waals surface area contributed by atoms with Crippen LogP contribution in [0.2, 0.25) is 0 Å². The lowest BCUT2D eigenvalue weighted by molar-refractivity contribution is 0.0592. The molecule has 2 unspecified atom stereocenters. The number of likely N-dealkylation sites (N-methyl/N-ethyl adjacent to an activating group) is 1. The molecule has 0 aliphatic rings. The Labute approximate surface area is 141 Å². The Hall–Kier alpha value is -2.32. The molecule has 8 heteroatoms. The maximum atomic E-state index is 12.0. The first kappa shape index (κ1) is 18.0. The number of hydrogen-bond donors (Lipinski definition) is 3. The number of furan rings is 1. The third kappa shape index (κ3) is 4.59. The van der Waals surface area contributed by atoms with E-state index in [9.17, 15) is 9.90 Å². The lowest BCUT2D eigenvalue weighted by atomic mass is 10.00. The smallest absolute Gasteiger partial charge is 0.314 e. The van der Waals surface area contributed by atoms with Gasteiger partial charge in [-0.25, -0.2) is 4.79 Å². The van der Waals surface area contributed by atoms with Gasteiger partial charge in [-0.1, -0.05) is 0 Å². The van der Waals surface area contributed by atoms with Crippen LogP contribution in [0.15, 0.2) is 35.2 Å². The molecule has 2 atom stereocenters. The molecular weight excluding hydrogens is 310 g/mol. The van der Waals surface area contributed by atoms with Gasteiger partial charge in [0, 0.05) is 25.4 Å². The minimum Gasteiger partial charge on any atom is -0.468 e. The summed E-state index contributed by atoms with van der Waals surface area (Å²) in [6, 6.07) is 3.27. The van der Waals surface area contributed by atoms with Gasteiger partial charge in [0.25, 0.3) is 0 Å². The molecule has 0 saturated heterocycles. The molecule has 0 fully saturated rings. The number of carbonyl (C=O) groups is 1. The molecule has 0 radical (unpaired) electrons. The van der Waals surface area contributed by atoms with E-state index in [2.05, 4.69) is 15.7 Å². The molecule has 0 bridgehead atoms. The number of nitrogens with zero attached hydrogens (tertiary/aromatic N) is 3. The number of rotatable bonds is 7. The summed E-state index contributed by atoms with van der Waals surface area (Å²) >= 11 is 0. The van der Waals surface area contributed by atoms with Crippen molar-refractivity contribution in [1.29, 1.82) is 0 Å². The summed E-state index contributed by atoms with van der Waals surface area (Å²) in [5.74, 6) is 0.780. The topological polar surface area (TPSA) is 95.6 Å². The first-order valence-electron chi connectivity index (χ1n) is 7.72. The van der Waals surface area contributed by atoms with Crippen LogP contribution in [0.25, 0.3) is 0 Å². The maximum Gasteiger partial charge on any atom is 0.314 e. The van der Waals surface area contributed by atoms with Crippen LogP contribution < -0.4 is 10.6 Å².